The van der Waals surface area contributed by atoms with Crippen molar-refractivity contribution in [3.63, 3.8) is 0 Å². The molecule has 2 aromatic carbocycles. The molecule has 29 heavy (non-hydrogen) atoms. The summed E-state index contributed by atoms with van der Waals surface area (Å²) in [5.74, 6) is 1.89. The highest BCUT2D eigenvalue weighted by molar-refractivity contribution is 7.98. The summed E-state index contributed by atoms with van der Waals surface area (Å²) < 4.78 is 6.03. The van der Waals surface area contributed by atoms with Crippen LogP contribution in [0.4, 0.5) is 5.82 Å². The third kappa shape index (κ3) is 3.50. The summed E-state index contributed by atoms with van der Waals surface area (Å²) in [7, 11) is 0. The lowest BCUT2D eigenvalue weighted by Crippen LogP contribution is -2.26. The molecule has 5 rings (SSSR count). The molecule has 1 aliphatic rings. The molecule has 0 saturated heterocycles. The highest BCUT2D eigenvalue weighted by Crippen LogP contribution is 2.39. The zero-order valence-corrected chi connectivity index (χ0v) is 18.1. The van der Waals surface area contributed by atoms with E-state index in [0.29, 0.717) is 18.3 Å². The number of aromatic nitrogens is 2. The second kappa shape index (κ2) is 7.59. The first kappa shape index (κ1) is 18.9. The van der Waals surface area contributed by atoms with Crippen LogP contribution in [0.2, 0.25) is 0 Å². The molecular formula is C23H23N3OS2. The van der Waals surface area contributed by atoms with E-state index in [1.54, 1.807) is 23.1 Å². The normalized spacial score (nSPS) is 16.6. The molecule has 6 heteroatoms. The van der Waals surface area contributed by atoms with Crippen molar-refractivity contribution in [2.75, 3.05) is 5.73 Å². The van der Waals surface area contributed by atoms with Crippen molar-refractivity contribution in [3.8, 4) is 0 Å². The van der Waals surface area contributed by atoms with E-state index in [2.05, 4.69) is 61.3 Å². The summed E-state index contributed by atoms with van der Waals surface area (Å²) >= 11 is 3.34. The molecule has 0 radical (unpaired) electrons. The molecule has 0 saturated carbocycles. The van der Waals surface area contributed by atoms with E-state index in [9.17, 15) is 0 Å². The lowest BCUT2D eigenvalue weighted by atomic mass is 9.96. The van der Waals surface area contributed by atoms with Gasteiger partial charge in [-0.3, -0.25) is 0 Å². The summed E-state index contributed by atoms with van der Waals surface area (Å²) in [5, 5.41) is 4.31. The van der Waals surface area contributed by atoms with Gasteiger partial charge in [-0.1, -0.05) is 68.1 Å². The number of benzene rings is 2. The quantitative estimate of drug-likeness (QED) is 0.332. The summed E-state index contributed by atoms with van der Waals surface area (Å²) in [6, 6.07) is 14.9. The molecule has 0 spiro atoms. The van der Waals surface area contributed by atoms with Crippen LogP contribution in [0.25, 0.3) is 21.0 Å². The molecule has 0 unspecified atom stereocenters. The number of ether oxygens (including phenoxy) is 1. The number of thioether (sulfide) groups is 1. The van der Waals surface area contributed by atoms with E-state index in [-0.39, 0.29) is 6.10 Å². The Hall–Kier alpha value is -2.15. The predicted molar refractivity (Wildman–Crippen MR) is 122 cm³/mol. The molecule has 0 fully saturated rings. The van der Waals surface area contributed by atoms with Gasteiger partial charge >= 0.3 is 0 Å². The molecule has 3 heterocycles. The number of nitrogens with zero attached hydrogens (tertiary/aromatic N) is 2. The fourth-order valence-electron chi connectivity index (χ4n) is 3.94. The Labute approximate surface area is 178 Å². The molecular weight excluding hydrogens is 398 g/mol. The van der Waals surface area contributed by atoms with Crippen molar-refractivity contribution in [1.29, 1.82) is 0 Å². The average Bonchev–Trinajstić information content (AvgIpc) is 3.10. The number of hydrogen-bond donors (Lipinski definition) is 1. The monoisotopic (exact) mass is 421 g/mol. The molecule has 0 bridgehead atoms. The van der Waals surface area contributed by atoms with E-state index >= 15 is 0 Å². The summed E-state index contributed by atoms with van der Waals surface area (Å²) in [6.07, 6.45) is 1.13. The van der Waals surface area contributed by atoms with E-state index in [4.69, 9.17) is 15.5 Å². The van der Waals surface area contributed by atoms with E-state index < -0.39 is 0 Å². The van der Waals surface area contributed by atoms with Gasteiger partial charge in [0, 0.05) is 17.1 Å². The first-order chi connectivity index (χ1) is 14.1. The van der Waals surface area contributed by atoms with Crippen LogP contribution in [0.3, 0.4) is 0 Å². The number of nitrogens with two attached hydrogens (primary N) is 1. The topological polar surface area (TPSA) is 61.0 Å². The fraction of sp³-hybridized carbons (Fsp3) is 0.304. The van der Waals surface area contributed by atoms with Crippen LogP contribution in [0.15, 0.2) is 47.6 Å². The number of anilines is 1. The van der Waals surface area contributed by atoms with Gasteiger partial charge in [0.1, 0.15) is 10.6 Å². The predicted octanol–water partition coefficient (Wildman–Crippen LogP) is 5.82. The molecule has 4 nitrogen and oxygen atoms in total. The zero-order valence-electron chi connectivity index (χ0n) is 16.5. The highest BCUT2D eigenvalue weighted by atomic mass is 32.2. The fourth-order valence-corrected chi connectivity index (χ4v) is 5.98. The number of rotatable bonds is 4. The molecule has 1 atom stereocenters. The van der Waals surface area contributed by atoms with Crippen molar-refractivity contribution < 1.29 is 4.74 Å². The maximum absolute atomic E-state index is 6.41. The van der Waals surface area contributed by atoms with Crippen LogP contribution in [0.1, 0.15) is 29.9 Å². The minimum atomic E-state index is 0.236. The second-order valence-corrected chi connectivity index (χ2v) is 9.83. The first-order valence-corrected chi connectivity index (χ1v) is 11.7. The molecule has 4 aromatic rings. The Morgan fingerprint density at radius 2 is 2.00 bits per heavy atom. The van der Waals surface area contributed by atoms with Crippen LogP contribution in [0, 0.1) is 5.92 Å². The largest absolute Gasteiger partial charge is 0.383 e. The Balaban J connectivity index is 1.45. The van der Waals surface area contributed by atoms with Crippen molar-refractivity contribution in [3.05, 3.63) is 58.5 Å². The maximum Gasteiger partial charge on any atom is 0.191 e. The second-order valence-electron chi connectivity index (χ2n) is 7.80. The maximum atomic E-state index is 6.41. The summed E-state index contributed by atoms with van der Waals surface area (Å²) in [6.45, 7) is 5.05. The summed E-state index contributed by atoms with van der Waals surface area (Å²) in [4.78, 5) is 11.7. The van der Waals surface area contributed by atoms with Crippen LogP contribution < -0.4 is 5.73 Å². The minimum Gasteiger partial charge on any atom is -0.383 e. The standard InChI is InChI=1S/C23H23N3OS2/c1-13(2)18-10-17-19(11-27-18)29-22-20(17)21(24)25-23(26-22)28-12-15-8-5-7-14-6-3-4-9-16(14)15/h3-9,13,18H,10-12H2,1-2H3,(H2,24,25,26)/t18-/m1/s1. The Kier molecular flexibility index (Phi) is 4.94. The van der Waals surface area contributed by atoms with E-state index in [0.717, 1.165) is 27.5 Å². The first-order valence-electron chi connectivity index (χ1n) is 9.89. The van der Waals surface area contributed by atoms with Gasteiger partial charge in [-0.25, -0.2) is 9.97 Å². The Bertz CT molecular complexity index is 1200. The van der Waals surface area contributed by atoms with E-state index in [1.807, 2.05) is 0 Å². The molecule has 2 N–H and O–H groups in total. The van der Waals surface area contributed by atoms with Gasteiger partial charge in [-0.05, 0) is 27.8 Å². The van der Waals surface area contributed by atoms with Gasteiger partial charge in [0.2, 0.25) is 0 Å². The molecule has 2 aromatic heterocycles. The van der Waals surface area contributed by atoms with Crippen molar-refractivity contribution >= 4 is 49.9 Å². The third-order valence-electron chi connectivity index (χ3n) is 5.56. The Morgan fingerprint density at radius 1 is 1.17 bits per heavy atom. The van der Waals surface area contributed by atoms with Gasteiger partial charge in [0.15, 0.2) is 5.16 Å². The van der Waals surface area contributed by atoms with Crippen LogP contribution in [-0.4, -0.2) is 16.1 Å². The summed E-state index contributed by atoms with van der Waals surface area (Å²) in [5.41, 5.74) is 8.98. The van der Waals surface area contributed by atoms with Gasteiger partial charge in [-0.15, -0.1) is 11.3 Å². The third-order valence-corrected chi connectivity index (χ3v) is 7.55. The van der Waals surface area contributed by atoms with Crippen LogP contribution in [-0.2, 0) is 23.5 Å². The number of nitrogen functional groups attached to an aromatic ring is 1. The molecule has 1 aliphatic heterocycles. The van der Waals surface area contributed by atoms with Gasteiger partial charge in [-0.2, -0.15) is 0 Å². The average molecular weight is 422 g/mol. The van der Waals surface area contributed by atoms with Gasteiger partial charge < -0.3 is 10.5 Å². The highest BCUT2D eigenvalue weighted by Gasteiger charge is 2.27. The number of hydrogen-bond acceptors (Lipinski definition) is 6. The smallest absolute Gasteiger partial charge is 0.191 e. The molecule has 0 aliphatic carbocycles. The van der Waals surface area contributed by atoms with Crippen molar-refractivity contribution in [1.82, 2.24) is 9.97 Å². The van der Waals surface area contributed by atoms with Crippen LogP contribution >= 0.6 is 23.1 Å². The van der Waals surface area contributed by atoms with Crippen molar-refractivity contribution in [2.24, 2.45) is 5.92 Å². The lowest BCUT2D eigenvalue weighted by molar-refractivity contribution is 0.00203. The lowest BCUT2D eigenvalue weighted by Gasteiger charge is -2.26. The van der Waals surface area contributed by atoms with E-state index in [1.165, 1.54) is 26.8 Å². The number of fused-ring (bicyclic) bond motifs is 4. The number of thiophene rings is 1. The SMILES string of the molecule is CC(C)[C@H]1Cc2c(sc3nc(SCc4cccc5ccccc45)nc(N)c23)CO1. The molecule has 0 amide bonds. The van der Waals surface area contributed by atoms with Crippen LogP contribution in [0.5, 0.6) is 0 Å². The Morgan fingerprint density at radius 3 is 2.86 bits per heavy atom. The minimum absolute atomic E-state index is 0.236. The van der Waals surface area contributed by atoms with Crippen molar-refractivity contribution in [2.45, 2.75) is 43.9 Å². The zero-order chi connectivity index (χ0) is 20.0. The van der Waals surface area contributed by atoms with Gasteiger partial charge in [0.05, 0.1) is 18.1 Å². The van der Waals surface area contributed by atoms with Gasteiger partial charge in [0.25, 0.3) is 0 Å². The molecule has 148 valence electrons.